The Hall–Kier alpha value is -2.05. The molecule has 0 aliphatic rings. The number of nitrogens with one attached hydrogen (secondary N) is 2. The molecule has 7 nitrogen and oxygen atoms in total. The van der Waals surface area contributed by atoms with E-state index in [4.69, 9.17) is 5.73 Å². The van der Waals surface area contributed by atoms with Crippen LogP contribution in [0.15, 0.2) is 6.20 Å². The molecule has 4 N–H and O–H groups in total. The molecule has 0 radical (unpaired) electrons. The highest BCUT2D eigenvalue weighted by atomic mass is 16.2. The van der Waals surface area contributed by atoms with Gasteiger partial charge in [0.25, 0.3) is 5.91 Å². The minimum absolute atomic E-state index is 0.0684. The minimum Gasteiger partial charge on any atom is -0.383 e. The Balaban J connectivity index is 2.53. The van der Waals surface area contributed by atoms with Crippen molar-refractivity contribution < 1.29 is 9.59 Å². The Kier molecular flexibility index (Phi) is 3.87. The zero-order valence-electron chi connectivity index (χ0n) is 9.28. The van der Waals surface area contributed by atoms with Crippen LogP contribution in [0.2, 0.25) is 0 Å². The van der Waals surface area contributed by atoms with Crippen LogP contribution in [0.5, 0.6) is 0 Å². The number of amides is 2. The summed E-state index contributed by atoms with van der Waals surface area (Å²) in [5.41, 5.74) is 5.88. The topological polar surface area (TPSA) is 102 Å². The first-order valence-electron chi connectivity index (χ1n) is 4.88. The molecule has 7 heteroatoms. The second-order valence-electron chi connectivity index (χ2n) is 3.20. The number of hydrogen-bond acceptors (Lipinski definition) is 4. The van der Waals surface area contributed by atoms with E-state index >= 15 is 0 Å². The van der Waals surface area contributed by atoms with Crippen LogP contribution in [0.25, 0.3) is 0 Å². The molecule has 2 amide bonds. The lowest BCUT2D eigenvalue weighted by Crippen LogP contribution is -2.36. The molecule has 1 aromatic heterocycles. The zero-order valence-corrected chi connectivity index (χ0v) is 9.28. The first kappa shape index (κ1) is 12.0. The fourth-order valence-corrected chi connectivity index (χ4v) is 1.14. The van der Waals surface area contributed by atoms with Gasteiger partial charge in [0.1, 0.15) is 11.4 Å². The lowest BCUT2D eigenvalue weighted by Gasteiger charge is -2.04. The van der Waals surface area contributed by atoms with Gasteiger partial charge in [0.15, 0.2) is 0 Å². The first-order valence-corrected chi connectivity index (χ1v) is 4.88. The molecule has 16 heavy (non-hydrogen) atoms. The van der Waals surface area contributed by atoms with Gasteiger partial charge >= 0.3 is 0 Å². The summed E-state index contributed by atoms with van der Waals surface area (Å²) < 4.78 is 1.39. The summed E-state index contributed by atoms with van der Waals surface area (Å²) >= 11 is 0. The number of nitrogens with zero attached hydrogens (tertiary/aromatic N) is 2. The molecule has 0 spiro atoms. The zero-order chi connectivity index (χ0) is 12.1. The van der Waals surface area contributed by atoms with Gasteiger partial charge in [0, 0.05) is 13.6 Å². The normalized spacial score (nSPS) is 9.88. The third-order valence-electron chi connectivity index (χ3n) is 2.01. The summed E-state index contributed by atoms with van der Waals surface area (Å²) in [5, 5.41) is 8.85. The second-order valence-corrected chi connectivity index (χ2v) is 3.20. The molecule has 0 saturated carbocycles. The predicted octanol–water partition coefficient (Wildman–Crippen LogP) is -1.13. The molecule has 1 heterocycles. The number of carbonyl (C=O) groups is 2. The highest BCUT2D eigenvalue weighted by Gasteiger charge is 2.13. The fraction of sp³-hybridized carbons (Fsp3) is 0.444. The lowest BCUT2D eigenvalue weighted by atomic mass is 10.3. The van der Waals surface area contributed by atoms with Gasteiger partial charge in [0.2, 0.25) is 5.91 Å². The molecule has 1 aromatic rings. The van der Waals surface area contributed by atoms with Gasteiger partial charge in [-0.2, -0.15) is 5.10 Å². The van der Waals surface area contributed by atoms with Gasteiger partial charge in [-0.25, -0.2) is 0 Å². The van der Waals surface area contributed by atoms with E-state index in [2.05, 4.69) is 15.7 Å². The van der Waals surface area contributed by atoms with Gasteiger partial charge in [0.05, 0.1) is 12.7 Å². The Labute approximate surface area is 93.0 Å². The average molecular weight is 225 g/mol. The van der Waals surface area contributed by atoms with E-state index in [1.165, 1.54) is 10.9 Å². The average Bonchev–Trinajstić information content (AvgIpc) is 2.57. The Morgan fingerprint density at radius 1 is 1.50 bits per heavy atom. The monoisotopic (exact) mass is 225 g/mol. The van der Waals surface area contributed by atoms with Crippen molar-refractivity contribution >= 4 is 17.6 Å². The smallest absolute Gasteiger partial charge is 0.257 e. The number of rotatable bonds is 4. The maximum atomic E-state index is 11.6. The molecule has 0 bridgehead atoms. The third-order valence-corrected chi connectivity index (χ3v) is 2.01. The van der Waals surface area contributed by atoms with Crippen LogP contribution in [0.1, 0.15) is 17.3 Å². The highest BCUT2D eigenvalue weighted by molar-refractivity contribution is 5.99. The van der Waals surface area contributed by atoms with Crippen molar-refractivity contribution in [1.29, 1.82) is 0 Å². The maximum Gasteiger partial charge on any atom is 0.257 e. The SMILES string of the molecule is CCNC(=O)CNC(=O)c1cnn(C)c1N. The summed E-state index contributed by atoms with van der Waals surface area (Å²) in [6.45, 7) is 2.27. The molecule has 1 rings (SSSR count). The van der Waals surface area contributed by atoms with E-state index in [-0.39, 0.29) is 23.8 Å². The summed E-state index contributed by atoms with van der Waals surface area (Å²) in [6.07, 6.45) is 1.36. The van der Waals surface area contributed by atoms with Crippen molar-refractivity contribution in [2.24, 2.45) is 7.05 Å². The minimum atomic E-state index is -0.406. The number of nitrogen functional groups attached to an aromatic ring is 1. The number of carbonyl (C=O) groups excluding carboxylic acids is 2. The van der Waals surface area contributed by atoms with Gasteiger partial charge in [-0.15, -0.1) is 0 Å². The summed E-state index contributed by atoms with van der Waals surface area (Å²) in [6, 6.07) is 0. The van der Waals surface area contributed by atoms with Crippen LogP contribution in [-0.4, -0.2) is 34.7 Å². The largest absolute Gasteiger partial charge is 0.383 e. The first-order chi connectivity index (χ1) is 7.56. The molecule has 0 unspecified atom stereocenters. The predicted molar refractivity (Wildman–Crippen MR) is 58.6 cm³/mol. The molecule has 88 valence electrons. The van der Waals surface area contributed by atoms with Crippen molar-refractivity contribution in [2.45, 2.75) is 6.92 Å². The number of anilines is 1. The van der Waals surface area contributed by atoms with Crippen LogP contribution in [0.3, 0.4) is 0 Å². The van der Waals surface area contributed by atoms with Crippen molar-refractivity contribution in [2.75, 3.05) is 18.8 Å². The van der Waals surface area contributed by atoms with Crippen LogP contribution in [0.4, 0.5) is 5.82 Å². The van der Waals surface area contributed by atoms with Crippen LogP contribution in [0, 0.1) is 0 Å². The third kappa shape index (κ3) is 2.72. The van der Waals surface area contributed by atoms with Crippen molar-refractivity contribution in [3.8, 4) is 0 Å². The Morgan fingerprint density at radius 3 is 2.69 bits per heavy atom. The molecule has 0 fully saturated rings. The summed E-state index contributed by atoms with van der Waals surface area (Å²) in [4.78, 5) is 22.7. The lowest BCUT2D eigenvalue weighted by molar-refractivity contribution is -0.120. The molecule has 0 atom stereocenters. The molecule has 0 saturated heterocycles. The maximum absolute atomic E-state index is 11.6. The van der Waals surface area contributed by atoms with E-state index in [9.17, 15) is 9.59 Å². The van der Waals surface area contributed by atoms with Crippen molar-refractivity contribution in [3.05, 3.63) is 11.8 Å². The highest BCUT2D eigenvalue weighted by Crippen LogP contribution is 2.08. The van der Waals surface area contributed by atoms with Crippen LogP contribution >= 0.6 is 0 Å². The van der Waals surface area contributed by atoms with Gasteiger partial charge in [-0.05, 0) is 6.92 Å². The molecule has 0 aliphatic carbocycles. The van der Waals surface area contributed by atoms with E-state index in [0.717, 1.165) is 0 Å². The molecular weight excluding hydrogens is 210 g/mol. The van der Waals surface area contributed by atoms with Crippen LogP contribution < -0.4 is 16.4 Å². The van der Waals surface area contributed by atoms with Crippen molar-refractivity contribution in [3.63, 3.8) is 0 Å². The van der Waals surface area contributed by atoms with E-state index in [1.54, 1.807) is 14.0 Å². The molecule has 0 aliphatic heterocycles. The fourth-order valence-electron chi connectivity index (χ4n) is 1.14. The molecular formula is C9H15N5O2. The van der Waals surface area contributed by atoms with Crippen molar-refractivity contribution in [1.82, 2.24) is 20.4 Å². The number of aromatic nitrogens is 2. The second kappa shape index (κ2) is 5.15. The van der Waals surface area contributed by atoms with E-state index in [1.807, 2.05) is 0 Å². The standard InChI is InChI=1S/C9H15N5O2/c1-3-11-7(15)5-12-9(16)6-4-13-14(2)8(6)10/h4H,3,5,10H2,1-2H3,(H,11,15)(H,12,16). The van der Waals surface area contributed by atoms with E-state index < -0.39 is 5.91 Å². The number of aryl methyl sites for hydroxylation is 1. The summed E-state index contributed by atoms with van der Waals surface area (Å²) in [5.74, 6) is -0.372. The summed E-state index contributed by atoms with van der Waals surface area (Å²) in [7, 11) is 1.63. The Bertz CT molecular complexity index is 399. The van der Waals surface area contributed by atoms with Crippen LogP contribution in [-0.2, 0) is 11.8 Å². The van der Waals surface area contributed by atoms with Gasteiger partial charge in [-0.1, -0.05) is 0 Å². The molecule has 0 aromatic carbocycles. The Morgan fingerprint density at radius 2 is 2.19 bits per heavy atom. The number of likely N-dealkylation sites (N-methyl/N-ethyl adjacent to an activating group) is 1. The van der Waals surface area contributed by atoms with E-state index in [0.29, 0.717) is 6.54 Å². The number of nitrogens with two attached hydrogens (primary N) is 1. The quantitative estimate of drug-likeness (QED) is 0.603. The number of hydrogen-bond donors (Lipinski definition) is 3. The van der Waals surface area contributed by atoms with Gasteiger partial charge in [-0.3, -0.25) is 14.3 Å². The van der Waals surface area contributed by atoms with Gasteiger partial charge < -0.3 is 16.4 Å².